The summed E-state index contributed by atoms with van der Waals surface area (Å²) in [6.07, 6.45) is 8.53. The third-order valence-electron chi connectivity index (χ3n) is 0.702. The van der Waals surface area contributed by atoms with Crippen molar-refractivity contribution in [2.24, 2.45) is 0 Å². The molecule has 0 bridgehead atoms. The largest absolute Gasteiger partial charge is 2.00 e. The minimum atomic E-state index is 0. The third kappa shape index (κ3) is 5.14. The molecule has 0 nitrogen and oxygen atoms in total. The number of allylic oxidation sites excluding steroid dienone is 4. The zero-order chi connectivity index (χ0) is 7.07. The molecule has 0 amide bonds. The smallest absolute Gasteiger partial charge is 0.294 e. The van der Waals surface area contributed by atoms with Crippen LogP contribution in [0, 0.1) is 12.2 Å². The van der Waals surface area contributed by atoms with E-state index in [-0.39, 0.29) is 17.1 Å². The first-order valence-corrected chi connectivity index (χ1v) is 2.65. The Hall–Kier alpha value is -1.32. The maximum Gasteiger partial charge on any atom is 2.00 e. The summed E-state index contributed by atoms with van der Waals surface area (Å²) in [6.45, 7) is 0. The third-order valence-corrected chi connectivity index (χ3v) is 0.702. The van der Waals surface area contributed by atoms with E-state index in [4.69, 9.17) is 0 Å². The molecule has 0 aliphatic heterocycles. The van der Waals surface area contributed by atoms with Gasteiger partial charge in [0.05, 0.1) is 0 Å². The van der Waals surface area contributed by atoms with E-state index in [1.165, 1.54) is 0 Å². The zero-order valence-corrected chi connectivity index (χ0v) is 6.71. The minimum Gasteiger partial charge on any atom is -0.294 e. The molecule has 0 atom stereocenters. The summed E-state index contributed by atoms with van der Waals surface area (Å²) in [4.78, 5) is 0. The van der Waals surface area contributed by atoms with Crippen LogP contribution >= 0.6 is 0 Å². The van der Waals surface area contributed by atoms with Crippen LogP contribution in [0.3, 0.4) is 0 Å². The molecule has 49 valence electrons. The molecule has 2 aliphatic carbocycles. The van der Waals surface area contributed by atoms with E-state index in [0.717, 1.165) is 0 Å². The predicted molar refractivity (Wildman–Crippen MR) is 36.7 cm³/mol. The van der Waals surface area contributed by atoms with Crippen molar-refractivity contribution in [3.63, 3.8) is 0 Å². The van der Waals surface area contributed by atoms with Crippen molar-refractivity contribution >= 4 is 0 Å². The molecule has 2 aliphatic rings. The van der Waals surface area contributed by atoms with E-state index in [9.17, 15) is 0 Å². The maximum absolute atomic E-state index is 2.62. The summed E-state index contributed by atoms with van der Waals surface area (Å²) < 4.78 is 0. The van der Waals surface area contributed by atoms with E-state index in [1.807, 2.05) is 0 Å². The average molecular weight is 177 g/mol. The average Bonchev–Trinajstić information content (AvgIpc) is 2.67. The molecule has 0 fully saturated rings. The van der Waals surface area contributed by atoms with Crippen LogP contribution in [-0.2, 0) is 17.1 Å². The van der Waals surface area contributed by atoms with Gasteiger partial charge < -0.3 is 0 Å². The van der Waals surface area contributed by atoms with Crippen LogP contribution in [0.2, 0.25) is 0 Å². The molecule has 0 aromatic rings. The first-order valence-electron chi connectivity index (χ1n) is 2.65. The van der Waals surface area contributed by atoms with Crippen molar-refractivity contribution in [2.45, 2.75) is 0 Å². The second kappa shape index (κ2) is 6.79. The molecule has 0 N–H and O–H groups in total. The molecule has 0 heterocycles. The number of hydrogen-bond acceptors (Lipinski definition) is 0. The number of rotatable bonds is 0. The fourth-order valence-electron chi connectivity index (χ4n) is 0.361. The van der Waals surface area contributed by atoms with Gasteiger partial charge in [-0.05, 0) is 0 Å². The molecule has 0 saturated heterocycles. The van der Waals surface area contributed by atoms with Crippen molar-refractivity contribution < 1.29 is 17.1 Å². The fraction of sp³-hybridized carbons (Fsp3) is 0. The summed E-state index contributed by atoms with van der Waals surface area (Å²) in [6, 6.07) is 0. The van der Waals surface area contributed by atoms with Crippen LogP contribution in [0.15, 0.2) is 46.5 Å². The van der Waals surface area contributed by atoms with E-state index < -0.39 is 0 Å². The van der Waals surface area contributed by atoms with Crippen molar-refractivity contribution in [3.05, 3.63) is 58.7 Å². The topological polar surface area (TPSA) is 0 Å². The van der Waals surface area contributed by atoms with Gasteiger partial charge in [0, 0.05) is 0 Å². The normalized spacial score (nSPS) is 10.2. The molecule has 0 unspecified atom stereocenters. The van der Waals surface area contributed by atoms with Crippen molar-refractivity contribution in [1.29, 1.82) is 0 Å². The van der Waals surface area contributed by atoms with Gasteiger partial charge >= 0.3 is 17.1 Å². The van der Waals surface area contributed by atoms with Gasteiger partial charge in [-0.3, -0.25) is 22.9 Å². The molecule has 11 heavy (non-hydrogen) atoms. The Morgan fingerprint density at radius 3 is 1.36 bits per heavy atom. The molecule has 0 aromatic heterocycles. The number of hydrogen-bond donors (Lipinski definition) is 0. The van der Waals surface area contributed by atoms with Gasteiger partial charge in [0.15, 0.2) is 0 Å². The first-order chi connectivity index (χ1) is 5.00. The van der Waals surface area contributed by atoms with Gasteiger partial charge in [0.25, 0.3) is 0 Å². The van der Waals surface area contributed by atoms with Crippen LogP contribution in [0.4, 0.5) is 0 Å². The fourth-order valence-corrected chi connectivity index (χ4v) is 0.361. The minimum absolute atomic E-state index is 0. The second-order valence-electron chi connectivity index (χ2n) is 1.37. The standard InChI is InChI=1S/2C5H.Mn/c2*1-2-4-5-3-1;/h2*1H;/q2*-1;+2. The summed E-state index contributed by atoms with van der Waals surface area (Å²) in [5.74, 6) is 0. The molecular formula is C10H2Mn. The molecule has 0 spiro atoms. The quantitative estimate of drug-likeness (QED) is 0.300. The monoisotopic (exact) mass is 177 g/mol. The van der Waals surface area contributed by atoms with Gasteiger partial charge in [-0.2, -0.15) is 0 Å². The predicted octanol–water partition coefficient (Wildman–Crippen LogP) is 1.65. The van der Waals surface area contributed by atoms with Gasteiger partial charge in [-0.15, -0.1) is 24.3 Å². The maximum atomic E-state index is 2.62. The summed E-state index contributed by atoms with van der Waals surface area (Å²) in [5, 5.41) is 0. The Kier molecular flexibility index (Phi) is 5.98. The zero-order valence-electron chi connectivity index (χ0n) is 5.53. The van der Waals surface area contributed by atoms with E-state index >= 15 is 0 Å². The van der Waals surface area contributed by atoms with E-state index in [2.05, 4.69) is 46.5 Å². The van der Waals surface area contributed by atoms with Gasteiger partial charge in [-0.25, -0.2) is 11.5 Å². The van der Waals surface area contributed by atoms with Crippen LogP contribution in [0.1, 0.15) is 0 Å². The van der Waals surface area contributed by atoms with Gasteiger partial charge in [-0.1, -0.05) is 0 Å². The van der Waals surface area contributed by atoms with Crippen molar-refractivity contribution in [2.75, 3.05) is 0 Å². The molecule has 0 aromatic carbocycles. The van der Waals surface area contributed by atoms with Crippen LogP contribution in [-0.4, -0.2) is 0 Å². The Morgan fingerprint density at radius 1 is 0.818 bits per heavy atom. The van der Waals surface area contributed by atoms with Crippen LogP contribution < -0.4 is 0 Å². The van der Waals surface area contributed by atoms with E-state index in [0.29, 0.717) is 0 Å². The Balaban J connectivity index is 0.000000167. The first kappa shape index (κ1) is 9.68. The van der Waals surface area contributed by atoms with Crippen LogP contribution in [0.5, 0.6) is 0 Å². The molecule has 0 saturated carbocycles. The molecule has 1 radical (unpaired) electrons. The second-order valence-corrected chi connectivity index (χ2v) is 1.37. The van der Waals surface area contributed by atoms with Gasteiger partial charge in [0.2, 0.25) is 0 Å². The Bertz CT molecular complexity index is 303. The van der Waals surface area contributed by atoms with E-state index in [1.54, 1.807) is 12.2 Å². The summed E-state index contributed by atoms with van der Waals surface area (Å²) in [7, 11) is 0. The summed E-state index contributed by atoms with van der Waals surface area (Å²) >= 11 is 0. The van der Waals surface area contributed by atoms with Crippen molar-refractivity contribution in [3.8, 4) is 0 Å². The molecular weight excluding hydrogens is 175 g/mol. The van der Waals surface area contributed by atoms with Crippen LogP contribution in [0.25, 0.3) is 0 Å². The SMILES string of the molecule is C1=C=[C-]C=C=1.C1=C=[C-]C=C=1.[Mn+2]. The van der Waals surface area contributed by atoms with Crippen molar-refractivity contribution in [1.82, 2.24) is 0 Å². The Labute approximate surface area is 76.1 Å². The molecule has 2 rings (SSSR count). The summed E-state index contributed by atoms with van der Waals surface area (Å²) in [5.41, 5.74) is 15.5. The van der Waals surface area contributed by atoms with Gasteiger partial charge in [0.1, 0.15) is 0 Å². The molecule has 1 heteroatoms. The Morgan fingerprint density at radius 2 is 1.27 bits per heavy atom.